The van der Waals surface area contributed by atoms with Crippen molar-refractivity contribution in [3.8, 4) is 0 Å². The van der Waals surface area contributed by atoms with E-state index >= 15 is 0 Å². The van der Waals surface area contributed by atoms with Crippen LogP contribution < -0.4 is 0 Å². The second kappa shape index (κ2) is 4.38. The molecule has 1 atom stereocenters. The Morgan fingerprint density at radius 1 is 1.27 bits per heavy atom. The molecule has 2 heteroatoms. The molecular formula is C13H13ClS. The Kier molecular flexibility index (Phi) is 3.13. The lowest BCUT2D eigenvalue weighted by atomic mass is 9.94. The third-order valence-corrected chi connectivity index (χ3v) is 3.81. The molecule has 0 aliphatic rings. The maximum absolute atomic E-state index is 5.99. The first kappa shape index (κ1) is 10.7. The van der Waals surface area contributed by atoms with Crippen LogP contribution in [-0.2, 0) is 0 Å². The first-order valence-electron chi connectivity index (χ1n) is 4.98. The van der Waals surface area contributed by atoms with E-state index in [1.54, 1.807) is 11.3 Å². The highest BCUT2D eigenvalue weighted by Crippen LogP contribution is 2.30. The van der Waals surface area contributed by atoms with Crippen LogP contribution in [0.1, 0.15) is 28.8 Å². The van der Waals surface area contributed by atoms with Crippen molar-refractivity contribution in [3.63, 3.8) is 0 Å². The van der Waals surface area contributed by atoms with Crippen molar-refractivity contribution in [2.75, 3.05) is 0 Å². The maximum atomic E-state index is 5.99. The first-order chi connectivity index (χ1) is 7.18. The van der Waals surface area contributed by atoms with Gasteiger partial charge in [0.15, 0.2) is 0 Å². The zero-order chi connectivity index (χ0) is 10.8. The summed E-state index contributed by atoms with van der Waals surface area (Å²) in [6.07, 6.45) is 0. The van der Waals surface area contributed by atoms with Gasteiger partial charge in [0.25, 0.3) is 0 Å². The summed E-state index contributed by atoms with van der Waals surface area (Å²) in [5.74, 6) is 0.426. The standard InChI is InChI=1S/C13H13ClS/c1-9(13-6-7-15-10(13)2)11-4-3-5-12(14)8-11/h3-9H,1-2H3. The van der Waals surface area contributed by atoms with Crippen molar-refractivity contribution in [2.24, 2.45) is 0 Å². The fraction of sp³-hybridized carbons (Fsp3) is 0.231. The van der Waals surface area contributed by atoms with E-state index < -0.39 is 0 Å². The molecule has 1 aromatic heterocycles. The van der Waals surface area contributed by atoms with Crippen molar-refractivity contribution in [1.82, 2.24) is 0 Å². The Bertz CT molecular complexity index is 459. The molecule has 2 rings (SSSR count). The summed E-state index contributed by atoms with van der Waals surface area (Å²) in [4.78, 5) is 1.39. The molecule has 0 spiro atoms. The average Bonchev–Trinajstić information content (AvgIpc) is 2.63. The van der Waals surface area contributed by atoms with Crippen LogP contribution >= 0.6 is 22.9 Å². The number of rotatable bonds is 2. The van der Waals surface area contributed by atoms with Gasteiger partial charge >= 0.3 is 0 Å². The van der Waals surface area contributed by atoms with E-state index in [0.717, 1.165) is 5.02 Å². The molecule has 15 heavy (non-hydrogen) atoms. The summed E-state index contributed by atoms with van der Waals surface area (Å²) in [6.45, 7) is 4.39. The normalized spacial score (nSPS) is 12.7. The molecule has 0 bridgehead atoms. The Labute approximate surface area is 99.5 Å². The van der Waals surface area contributed by atoms with E-state index in [2.05, 4.69) is 31.4 Å². The third-order valence-electron chi connectivity index (χ3n) is 2.71. The fourth-order valence-corrected chi connectivity index (χ4v) is 2.80. The van der Waals surface area contributed by atoms with Crippen LogP contribution in [0.5, 0.6) is 0 Å². The molecule has 0 amide bonds. The SMILES string of the molecule is Cc1sccc1C(C)c1cccc(Cl)c1. The molecule has 0 fully saturated rings. The summed E-state index contributed by atoms with van der Waals surface area (Å²) in [6, 6.07) is 10.3. The predicted molar refractivity (Wildman–Crippen MR) is 68.0 cm³/mol. The summed E-state index contributed by atoms with van der Waals surface area (Å²) < 4.78 is 0. The number of aryl methyl sites for hydroxylation is 1. The smallest absolute Gasteiger partial charge is 0.0408 e. The molecule has 0 nitrogen and oxygen atoms in total. The molecule has 78 valence electrons. The Hall–Kier alpha value is -0.790. The van der Waals surface area contributed by atoms with Gasteiger partial charge in [-0.05, 0) is 41.6 Å². The lowest BCUT2D eigenvalue weighted by molar-refractivity contribution is 0.920. The summed E-state index contributed by atoms with van der Waals surface area (Å²) in [5.41, 5.74) is 2.69. The molecule has 0 aliphatic carbocycles. The van der Waals surface area contributed by atoms with Crippen molar-refractivity contribution < 1.29 is 0 Å². The summed E-state index contributed by atoms with van der Waals surface area (Å²) in [7, 11) is 0. The van der Waals surface area contributed by atoms with Crippen LogP contribution in [0.3, 0.4) is 0 Å². The number of halogens is 1. The molecule has 0 saturated heterocycles. The zero-order valence-electron chi connectivity index (χ0n) is 8.83. The van der Waals surface area contributed by atoms with Gasteiger partial charge in [-0.25, -0.2) is 0 Å². The second-order valence-electron chi connectivity index (χ2n) is 3.71. The predicted octanol–water partition coefficient (Wildman–Crippen LogP) is 4.86. The van der Waals surface area contributed by atoms with Gasteiger partial charge < -0.3 is 0 Å². The third kappa shape index (κ3) is 2.24. The quantitative estimate of drug-likeness (QED) is 0.699. The van der Waals surface area contributed by atoms with Crippen LogP contribution in [0.15, 0.2) is 35.7 Å². The molecule has 1 heterocycles. The van der Waals surface area contributed by atoms with Crippen molar-refractivity contribution in [3.05, 3.63) is 56.7 Å². The van der Waals surface area contributed by atoms with E-state index in [0.29, 0.717) is 5.92 Å². The monoisotopic (exact) mass is 236 g/mol. The topological polar surface area (TPSA) is 0 Å². The van der Waals surface area contributed by atoms with Crippen molar-refractivity contribution in [2.45, 2.75) is 19.8 Å². The van der Waals surface area contributed by atoms with Crippen LogP contribution in [-0.4, -0.2) is 0 Å². The van der Waals surface area contributed by atoms with Gasteiger partial charge in [0, 0.05) is 15.8 Å². The van der Waals surface area contributed by atoms with Crippen molar-refractivity contribution >= 4 is 22.9 Å². The van der Waals surface area contributed by atoms with Gasteiger partial charge in [-0.2, -0.15) is 0 Å². The molecule has 0 N–H and O–H groups in total. The van der Waals surface area contributed by atoms with E-state index in [-0.39, 0.29) is 0 Å². The number of hydrogen-bond donors (Lipinski definition) is 0. The maximum Gasteiger partial charge on any atom is 0.0408 e. The molecular weight excluding hydrogens is 224 g/mol. The minimum absolute atomic E-state index is 0.426. The molecule has 0 radical (unpaired) electrons. The summed E-state index contributed by atoms with van der Waals surface area (Å²) in [5, 5.41) is 2.96. The lowest BCUT2D eigenvalue weighted by Gasteiger charge is -2.12. The van der Waals surface area contributed by atoms with Gasteiger partial charge in [0.1, 0.15) is 0 Å². The zero-order valence-corrected chi connectivity index (χ0v) is 10.4. The molecule has 0 aliphatic heterocycles. The molecule has 1 unspecified atom stereocenters. The first-order valence-corrected chi connectivity index (χ1v) is 6.23. The summed E-state index contributed by atoms with van der Waals surface area (Å²) >= 11 is 7.79. The highest BCUT2D eigenvalue weighted by molar-refractivity contribution is 7.10. The van der Waals surface area contributed by atoms with Crippen LogP contribution in [0.25, 0.3) is 0 Å². The van der Waals surface area contributed by atoms with Crippen molar-refractivity contribution in [1.29, 1.82) is 0 Å². The van der Waals surface area contributed by atoms with Gasteiger partial charge in [-0.1, -0.05) is 30.7 Å². The fourth-order valence-electron chi connectivity index (χ4n) is 1.80. The van der Waals surface area contributed by atoms with E-state index in [1.165, 1.54) is 16.0 Å². The molecule has 2 aromatic rings. The minimum atomic E-state index is 0.426. The minimum Gasteiger partial charge on any atom is -0.149 e. The molecule has 1 aromatic carbocycles. The van der Waals surface area contributed by atoms with Gasteiger partial charge in [0.05, 0.1) is 0 Å². The van der Waals surface area contributed by atoms with E-state index in [9.17, 15) is 0 Å². The number of thiophene rings is 1. The number of benzene rings is 1. The molecule has 0 saturated carbocycles. The van der Waals surface area contributed by atoms with Crippen LogP contribution in [0, 0.1) is 6.92 Å². The highest BCUT2D eigenvalue weighted by atomic mass is 35.5. The van der Waals surface area contributed by atoms with Gasteiger partial charge in [-0.3, -0.25) is 0 Å². The van der Waals surface area contributed by atoms with Crippen LogP contribution in [0.2, 0.25) is 5.02 Å². The largest absolute Gasteiger partial charge is 0.149 e. The number of hydrogen-bond acceptors (Lipinski definition) is 1. The lowest BCUT2D eigenvalue weighted by Crippen LogP contribution is -1.95. The van der Waals surface area contributed by atoms with Gasteiger partial charge in [0.2, 0.25) is 0 Å². The Morgan fingerprint density at radius 2 is 2.07 bits per heavy atom. The van der Waals surface area contributed by atoms with Gasteiger partial charge in [-0.15, -0.1) is 11.3 Å². The average molecular weight is 237 g/mol. The van der Waals surface area contributed by atoms with Crippen LogP contribution in [0.4, 0.5) is 0 Å². The Balaban J connectivity index is 2.36. The van der Waals surface area contributed by atoms with E-state index in [1.807, 2.05) is 18.2 Å². The second-order valence-corrected chi connectivity index (χ2v) is 5.27. The highest BCUT2D eigenvalue weighted by Gasteiger charge is 2.11. The van der Waals surface area contributed by atoms with E-state index in [4.69, 9.17) is 11.6 Å². The Morgan fingerprint density at radius 3 is 2.67 bits per heavy atom.